The normalized spacial score (nSPS) is 11.6. The standard InChI is InChI=1S/C48H32N2/c1-3-12-37(13-4-1)49(40-27-30-48-46(32-40)44-17-9-10-18-47(44)50(48)38-14-5-2-6-15-38)39-25-21-33(22-26-39)36-20-19-35-24-28-42-41-16-8-7-11-34(41)23-29-43(42)45(35)31-36/h1-32H. The van der Waals surface area contributed by atoms with Crippen LogP contribution in [0.15, 0.2) is 194 Å². The third kappa shape index (κ3) is 4.57. The van der Waals surface area contributed by atoms with Crippen LogP contribution in [0.3, 0.4) is 0 Å². The molecule has 0 amide bonds. The molecule has 0 aliphatic rings. The minimum absolute atomic E-state index is 1.11. The van der Waals surface area contributed by atoms with Gasteiger partial charge in [-0.3, -0.25) is 0 Å². The van der Waals surface area contributed by atoms with Crippen LogP contribution < -0.4 is 4.90 Å². The lowest BCUT2D eigenvalue weighted by atomic mass is 9.94. The Labute approximate surface area is 290 Å². The van der Waals surface area contributed by atoms with Crippen molar-refractivity contribution >= 4 is 71.2 Å². The Balaban J connectivity index is 1.09. The van der Waals surface area contributed by atoms with E-state index in [1.165, 1.54) is 65.3 Å². The van der Waals surface area contributed by atoms with Crippen LogP contribution in [-0.2, 0) is 0 Å². The van der Waals surface area contributed by atoms with Crippen LogP contribution in [0.25, 0.3) is 70.9 Å². The highest BCUT2D eigenvalue weighted by atomic mass is 15.1. The molecule has 50 heavy (non-hydrogen) atoms. The molecular weight excluding hydrogens is 605 g/mol. The Morgan fingerprint density at radius 1 is 0.300 bits per heavy atom. The first-order chi connectivity index (χ1) is 24.8. The fourth-order valence-corrected chi connectivity index (χ4v) is 7.78. The van der Waals surface area contributed by atoms with Gasteiger partial charge in [0, 0.05) is 33.5 Å². The number of fused-ring (bicyclic) bond motifs is 8. The number of anilines is 3. The molecule has 1 aromatic heterocycles. The summed E-state index contributed by atoms with van der Waals surface area (Å²) in [6.45, 7) is 0. The van der Waals surface area contributed by atoms with E-state index in [1.807, 2.05) is 0 Å². The lowest BCUT2D eigenvalue weighted by Crippen LogP contribution is -2.09. The molecule has 0 fully saturated rings. The lowest BCUT2D eigenvalue weighted by molar-refractivity contribution is 1.18. The maximum atomic E-state index is 2.37. The summed E-state index contributed by atoms with van der Waals surface area (Å²) in [5.74, 6) is 0. The largest absolute Gasteiger partial charge is 0.310 e. The van der Waals surface area contributed by atoms with Gasteiger partial charge in [-0.1, -0.05) is 127 Å². The average Bonchev–Trinajstić information content (AvgIpc) is 3.52. The van der Waals surface area contributed by atoms with Gasteiger partial charge >= 0.3 is 0 Å². The molecule has 10 rings (SSSR count). The predicted molar refractivity (Wildman–Crippen MR) is 213 cm³/mol. The molecule has 0 N–H and O–H groups in total. The van der Waals surface area contributed by atoms with E-state index in [1.54, 1.807) is 0 Å². The molecule has 0 bridgehead atoms. The maximum Gasteiger partial charge on any atom is 0.0542 e. The van der Waals surface area contributed by atoms with Crippen LogP contribution >= 0.6 is 0 Å². The first-order valence-corrected chi connectivity index (χ1v) is 17.2. The van der Waals surface area contributed by atoms with Gasteiger partial charge in [-0.05, 0) is 110 Å². The minimum atomic E-state index is 1.11. The molecule has 0 atom stereocenters. The van der Waals surface area contributed by atoms with Crippen molar-refractivity contribution in [2.75, 3.05) is 4.90 Å². The van der Waals surface area contributed by atoms with Crippen LogP contribution in [0.1, 0.15) is 0 Å². The molecule has 0 radical (unpaired) electrons. The van der Waals surface area contributed by atoms with Crippen molar-refractivity contribution in [3.63, 3.8) is 0 Å². The topological polar surface area (TPSA) is 8.17 Å². The molecule has 9 aromatic carbocycles. The second-order valence-corrected chi connectivity index (χ2v) is 13.0. The van der Waals surface area contributed by atoms with E-state index >= 15 is 0 Å². The number of hydrogen-bond donors (Lipinski definition) is 0. The Bertz CT molecular complexity index is 2850. The highest BCUT2D eigenvalue weighted by molar-refractivity contribution is 6.18. The van der Waals surface area contributed by atoms with Gasteiger partial charge in [0.2, 0.25) is 0 Å². The van der Waals surface area contributed by atoms with E-state index in [-0.39, 0.29) is 0 Å². The quantitative estimate of drug-likeness (QED) is 0.171. The molecule has 0 saturated heterocycles. The molecule has 2 nitrogen and oxygen atoms in total. The smallest absolute Gasteiger partial charge is 0.0542 e. The number of hydrogen-bond acceptors (Lipinski definition) is 1. The van der Waals surface area contributed by atoms with E-state index in [2.05, 4.69) is 204 Å². The number of benzene rings is 9. The van der Waals surface area contributed by atoms with Gasteiger partial charge in [0.25, 0.3) is 0 Å². The fourth-order valence-electron chi connectivity index (χ4n) is 7.78. The average molecular weight is 637 g/mol. The Morgan fingerprint density at radius 3 is 1.66 bits per heavy atom. The van der Waals surface area contributed by atoms with Crippen LogP contribution in [-0.4, -0.2) is 4.57 Å². The van der Waals surface area contributed by atoms with Crippen molar-refractivity contribution in [3.8, 4) is 16.8 Å². The fraction of sp³-hybridized carbons (Fsp3) is 0. The second-order valence-electron chi connectivity index (χ2n) is 13.0. The van der Waals surface area contributed by atoms with E-state index in [4.69, 9.17) is 0 Å². The predicted octanol–water partition coefficient (Wildman–Crippen LogP) is 13.4. The molecule has 2 heteroatoms. The Morgan fingerprint density at radius 2 is 0.860 bits per heavy atom. The summed E-state index contributed by atoms with van der Waals surface area (Å²) in [5.41, 5.74) is 9.33. The maximum absolute atomic E-state index is 2.37. The van der Waals surface area contributed by atoms with E-state index in [9.17, 15) is 0 Å². The van der Waals surface area contributed by atoms with Crippen molar-refractivity contribution in [1.29, 1.82) is 0 Å². The number of aromatic nitrogens is 1. The van der Waals surface area contributed by atoms with Crippen molar-refractivity contribution < 1.29 is 0 Å². The first kappa shape index (κ1) is 28.4. The van der Waals surface area contributed by atoms with Crippen LogP contribution in [0.4, 0.5) is 17.1 Å². The van der Waals surface area contributed by atoms with E-state index < -0.39 is 0 Å². The van der Waals surface area contributed by atoms with Crippen molar-refractivity contribution in [2.45, 2.75) is 0 Å². The van der Waals surface area contributed by atoms with Crippen molar-refractivity contribution in [3.05, 3.63) is 194 Å². The zero-order valence-corrected chi connectivity index (χ0v) is 27.4. The number of para-hydroxylation sites is 3. The molecular formula is C48H32N2. The van der Waals surface area contributed by atoms with Crippen LogP contribution in [0.2, 0.25) is 0 Å². The van der Waals surface area contributed by atoms with E-state index in [0.717, 1.165) is 22.7 Å². The van der Waals surface area contributed by atoms with Crippen LogP contribution in [0.5, 0.6) is 0 Å². The second kappa shape index (κ2) is 11.5. The first-order valence-electron chi connectivity index (χ1n) is 17.2. The summed E-state index contributed by atoms with van der Waals surface area (Å²) in [4.78, 5) is 2.36. The van der Waals surface area contributed by atoms with Gasteiger partial charge in [-0.2, -0.15) is 0 Å². The summed E-state index contributed by atoms with van der Waals surface area (Å²) >= 11 is 0. The van der Waals surface area contributed by atoms with Gasteiger partial charge in [0.05, 0.1) is 11.0 Å². The number of nitrogens with zero attached hydrogens (tertiary/aromatic N) is 2. The molecule has 0 aliphatic heterocycles. The molecule has 0 aliphatic carbocycles. The Kier molecular flexibility index (Phi) is 6.53. The molecule has 0 unspecified atom stereocenters. The molecule has 10 aromatic rings. The number of rotatable bonds is 5. The highest BCUT2D eigenvalue weighted by Crippen LogP contribution is 2.40. The molecule has 234 valence electrons. The van der Waals surface area contributed by atoms with Gasteiger partial charge in [0.1, 0.15) is 0 Å². The SMILES string of the molecule is c1ccc(N(c2ccc(-c3ccc4ccc5c6ccccc6ccc5c4c3)cc2)c2ccc3c(c2)c2ccccc2n3-c2ccccc2)cc1. The van der Waals surface area contributed by atoms with Crippen LogP contribution in [0, 0.1) is 0 Å². The van der Waals surface area contributed by atoms with E-state index in [0.29, 0.717) is 0 Å². The summed E-state index contributed by atoms with van der Waals surface area (Å²) in [6, 6.07) is 70.4. The monoisotopic (exact) mass is 636 g/mol. The van der Waals surface area contributed by atoms with Crippen molar-refractivity contribution in [1.82, 2.24) is 4.57 Å². The van der Waals surface area contributed by atoms with Gasteiger partial charge in [-0.15, -0.1) is 0 Å². The Hall–Kier alpha value is -6.64. The zero-order valence-electron chi connectivity index (χ0n) is 27.4. The van der Waals surface area contributed by atoms with Gasteiger partial charge < -0.3 is 9.47 Å². The minimum Gasteiger partial charge on any atom is -0.310 e. The zero-order chi connectivity index (χ0) is 33.0. The third-order valence-electron chi connectivity index (χ3n) is 10.1. The van der Waals surface area contributed by atoms with Gasteiger partial charge in [0.15, 0.2) is 0 Å². The molecule has 1 heterocycles. The third-order valence-corrected chi connectivity index (χ3v) is 10.1. The summed E-state index contributed by atoms with van der Waals surface area (Å²) in [6.07, 6.45) is 0. The van der Waals surface area contributed by atoms with Crippen molar-refractivity contribution in [2.24, 2.45) is 0 Å². The molecule has 0 spiro atoms. The lowest BCUT2D eigenvalue weighted by Gasteiger charge is -2.26. The summed E-state index contributed by atoms with van der Waals surface area (Å²) < 4.78 is 2.37. The summed E-state index contributed by atoms with van der Waals surface area (Å²) in [7, 11) is 0. The molecule has 0 saturated carbocycles. The van der Waals surface area contributed by atoms with Gasteiger partial charge in [-0.25, -0.2) is 0 Å². The summed E-state index contributed by atoms with van der Waals surface area (Å²) in [5, 5.41) is 10.2. The highest BCUT2D eigenvalue weighted by Gasteiger charge is 2.17.